The summed E-state index contributed by atoms with van der Waals surface area (Å²) in [6.45, 7) is 3.23. The second kappa shape index (κ2) is 19.8. The number of hydrogen-bond donors (Lipinski definition) is 2. The zero-order valence-corrected chi connectivity index (χ0v) is 24.1. The van der Waals surface area contributed by atoms with Crippen LogP contribution < -0.4 is 29.6 Å². The van der Waals surface area contributed by atoms with Gasteiger partial charge in [0.05, 0.1) is 22.5 Å². The van der Waals surface area contributed by atoms with Crippen molar-refractivity contribution in [1.29, 1.82) is 0 Å². The molecule has 10 heteroatoms. The van der Waals surface area contributed by atoms with Gasteiger partial charge in [-0.1, -0.05) is 76.9 Å². The van der Waals surface area contributed by atoms with E-state index in [1.807, 2.05) is 12.2 Å². The van der Waals surface area contributed by atoms with Crippen LogP contribution in [0.5, 0.6) is 0 Å². The number of rotatable bonds is 20. The van der Waals surface area contributed by atoms with Crippen LogP contribution in [0.3, 0.4) is 0 Å². The number of carbonyl (C=O) groups is 1. The SMILES string of the molecule is CCCCCCCCCCCC/C=C/CC(=O)C1=[N+](CC(O)CS(=O)(=O)[O-])CCN1CCO.[Na+]. The summed E-state index contributed by atoms with van der Waals surface area (Å²) in [4.78, 5) is 14.5. The molecule has 0 aliphatic carbocycles. The first-order chi connectivity index (χ1) is 15.8. The first-order valence-electron chi connectivity index (χ1n) is 12.6. The van der Waals surface area contributed by atoms with Crippen LogP contribution in [0.2, 0.25) is 0 Å². The average molecular weight is 512 g/mol. The van der Waals surface area contributed by atoms with Gasteiger partial charge in [-0.15, -0.1) is 0 Å². The zero-order chi connectivity index (χ0) is 24.5. The van der Waals surface area contributed by atoms with E-state index in [9.17, 15) is 28.0 Å². The Hall–Kier alpha value is -0.290. The Morgan fingerprint density at radius 3 is 2.24 bits per heavy atom. The molecule has 34 heavy (non-hydrogen) atoms. The van der Waals surface area contributed by atoms with E-state index < -0.39 is 22.0 Å². The molecular weight excluding hydrogens is 467 g/mol. The number of hydrogen-bond acceptors (Lipinski definition) is 7. The molecule has 0 radical (unpaired) electrons. The van der Waals surface area contributed by atoms with Crippen molar-refractivity contribution in [3.63, 3.8) is 0 Å². The average Bonchev–Trinajstić information content (AvgIpc) is 3.12. The van der Waals surface area contributed by atoms with Gasteiger partial charge < -0.3 is 14.8 Å². The zero-order valence-electron chi connectivity index (χ0n) is 21.3. The van der Waals surface area contributed by atoms with Gasteiger partial charge in [-0.3, -0.25) is 14.3 Å². The van der Waals surface area contributed by atoms with Crippen LogP contribution in [-0.2, 0) is 14.9 Å². The maximum Gasteiger partial charge on any atom is 1.00 e. The molecule has 0 amide bonds. The fraction of sp³-hybridized carbons (Fsp3) is 0.833. The molecule has 0 saturated carbocycles. The molecular formula is C24H44N2NaO6S+. The van der Waals surface area contributed by atoms with Crippen molar-refractivity contribution in [2.45, 2.75) is 90.1 Å². The number of ketones is 1. The molecule has 0 aromatic rings. The molecule has 0 aromatic carbocycles. The van der Waals surface area contributed by atoms with E-state index in [4.69, 9.17) is 0 Å². The minimum atomic E-state index is -4.55. The fourth-order valence-corrected chi connectivity index (χ4v) is 4.79. The topological polar surface area (TPSA) is 121 Å². The molecule has 0 saturated heterocycles. The van der Waals surface area contributed by atoms with Crippen LogP contribution in [0.1, 0.15) is 84.0 Å². The number of amidine groups is 1. The summed E-state index contributed by atoms with van der Waals surface area (Å²) in [6, 6.07) is 0. The Balaban J connectivity index is 0.0000109. The van der Waals surface area contributed by atoms with Crippen LogP contribution in [0.4, 0.5) is 0 Å². The number of allylic oxidation sites excluding steroid dienone is 2. The van der Waals surface area contributed by atoms with Crippen molar-refractivity contribution >= 4 is 21.7 Å². The van der Waals surface area contributed by atoms with Crippen molar-refractivity contribution < 1.29 is 62.1 Å². The summed E-state index contributed by atoms with van der Waals surface area (Å²) in [5, 5.41) is 19.2. The molecule has 0 fully saturated rings. The molecule has 1 rings (SSSR count). The summed E-state index contributed by atoms with van der Waals surface area (Å²) >= 11 is 0. The fourth-order valence-electron chi connectivity index (χ4n) is 4.21. The van der Waals surface area contributed by atoms with E-state index >= 15 is 0 Å². The Morgan fingerprint density at radius 2 is 1.68 bits per heavy atom. The van der Waals surface area contributed by atoms with Crippen molar-refractivity contribution in [1.82, 2.24) is 4.90 Å². The van der Waals surface area contributed by atoms with Gasteiger partial charge in [-0.25, -0.2) is 8.42 Å². The van der Waals surface area contributed by atoms with Gasteiger partial charge in [0.1, 0.15) is 32.3 Å². The van der Waals surface area contributed by atoms with E-state index in [0.29, 0.717) is 18.9 Å². The third kappa shape index (κ3) is 15.7. The van der Waals surface area contributed by atoms with Gasteiger partial charge in [0.2, 0.25) is 5.78 Å². The second-order valence-corrected chi connectivity index (χ2v) is 10.4. The molecule has 0 aromatic heterocycles. The van der Waals surface area contributed by atoms with Crippen molar-refractivity contribution in [3.05, 3.63) is 12.2 Å². The van der Waals surface area contributed by atoms with Crippen molar-refractivity contribution in [2.75, 3.05) is 38.5 Å². The van der Waals surface area contributed by atoms with Gasteiger partial charge in [-0.2, -0.15) is 0 Å². The maximum atomic E-state index is 12.8. The smallest absolute Gasteiger partial charge is 0.748 e. The minimum Gasteiger partial charge on any atom is -0.748 e. The summed E-state index contributed by atoms with van der Waals surface area (Å²) in [5.41, 5.74) is 0. The third-order valence-electron chi connectivity index (χ3n) is 5.88. The predicted octanol–water partition coefficient (Wildman–Crippen LogP) is -0.558. The molecule has 2 N–H and O–H groups in total. The third-order valence-corrected chi connectivity index (χ3v) is 6.67. The molecule has 0 spiro atoms. The Labute approximate surface area is 228 Å². The standard InChI is InChI=1S/C24H44N2O6S.Na/c1-2-3-4-5-6-7-8-9-10-11-12-13-14-15-23(29)24-25(18-19-27)16-17-26(24)20-22(28)21-33(30,31)32;/h13-14,22,27-28H,2-12,15-21H2,1H3;/q;+1/b14-13+;. The summed E-state index contributed by atoms with van der Waals surface area (Å²) in [6.07, 6.45) is 16.5. The Bertz CT molecular complexity index is 727. The summed E-state index contributed by atoms with van der Waals surface area (Å²) in [7, 11) is -4.55. The number of Topliss-reactive ketones (excluding diaryl/α,β-unsaturated/α-hetero) is 1. The first-order valence-corrected chi connectivity index (χ1v) is 14.1. The quantitative estimate of drug-likeness (QED) is 0.0739. The molecule has 1 heterocycles. The number of carbonyl (C=O) groups excluding carboxylic acids is 1. The van der Waals surface area contributed by atoms with E-state index in [2.05, 4.69) is 6.92 Å². The Morgan fingerprint density at radius 1 is 1.09 bits per heavy atom. The van der Waals surface area contributed by atoms with Crippen molar-refractivity contribution in [3.8, 4) is 0 Å². The van der Waals surface area contributed by atoms with Crippen LogP contribution in [0.15, 0.2) is 12.2 Å². The van der Waals surface area contributed by atoms with Crippen LogP contribution in [0.25, 0.3) is 0 Å². The largest absolute Gasteiger partial charge is 1.00 e. The molecule has 1 unspecified atom stereocenters. The van der Waals surface area contributed by atoms with E-state index in [0.717, 1.165) is 12.8 Å². The normalized spacial score (nSPS) is 15.2. The molecule has 1 atom stereocenters. The Kier molecular flexibility index (Phi) is 19.7. The molecule has 8 nitrogen and oxygen atoms in total. The number of unbranched alkanes of at least 4 members (excludes halogenated alkanes) is 10. The predicted molar refractivity (Wildman–Crippen MR) is 129 cm³/mol. The summed E-state index contributed by atoms with van der Waals surface area (Å²) in [5.74, 6) is -0.656. The van der Waals surface area contributed by atoms with Gasteiger partial charge in [-0.05, 0) is 12.8 Å². The molecule has 1 aliphatic heterocycles. The van der Waals surface area contributed by atoms with Gasteiger partial charge >= 0.3 is 35.4 Å². The van der Waals surface area contributed by atoms with Crippen LogP contribution >= 0.6 is 0 Å². The van der Waals surface area contributed by atoms with Gasteiger partial charge in [0.25, 0.3) is 0 Å². The maximum absolute atomic E-state index is 12.8. The van der Waals surface area contributed by atoms with Crippen LogP contribution in [0, 0.1) is 0 Å². The second-order valence-electron chi connectivity index (χ2n) is 8.93. The van der Waals surface area contributed by atoms with E-state index in [-0.39, 0.29) is 61.5 Å². The monoisotopic (exact) mass is 511 g/mol. The molecule has 192 valence electrons. The van der Waals surface area contributed by atoms with Gasteiger partial charge in [0, 0.05) is 6.42 Å². The number of aliphatic hydroxyl groups is 2. The number of β-amino-alcohol motifs (C(OH)–C–C–N with tert-alkyl or cyclic N) is 2. The minimum absolute atomic E-state index is 0. The van der Waals surface area contributed by atoms with E-state index in [1.165, 1.54) is 57.8 Å². The number of aliphatic hydroxyl groups excluding tert-OH is 2. The van der Waals surface area contributed by atoms with Crippen molar-refractivity contribution in [2.24, 2.45) is 0 Å². The van der Waals surface area contributed by atoms with E-state index in [1.54, 1.807) is 9.48 Å². The first kappa shape index (κ1) is 33.7. The molecule has 0 bridgehead atoms. The molecule has 1 aliphatic rings. The van der Waals surface area contributed by atoms with Gasteiger partial charge in [0.15, 0.2) is 0 Å². The number of nitrogens with zero attached hydrogens (tertiary/aromatic N) is 2. The van der Waals surface area contributed by atoms with Crippen LogP contribution in [-0.4, -0.2) is 88.9 Å². The summed E-state index contributed by atoms with van der Waals surface area (Å²) < 4.78 is 34.3.